The molecule has 1 aromatic carbocycles. The van der Waals surface area contributed by atoms with E-state index in [0.29, 0.717) is 0 Å². The largest absolute Gasteiger partial charge is 0.395 e. The Hall–Kier alpha value is -0.860. The monoisotopic (exact) mass is 177 g/mol. The molecule has 0 unspecified atom stereocenters. The molecule has 0 saturated carbocycles. The van der Waals surface area contributed by atoms with Crippen molar-refractivity contribution in [2.24, 2.45) is 0 Å². The normalized spacial score (nSPS) is 21.2. The molecule has 2 heteroatoms. The van der Waals surface area contributed by atoms with E-state index in [0.717, 1.165) is 13.0 Å². The zero-order valence-corrected chi connectivity index (χ0v) is 7.88. The summed E-state index contributed by atoms with van der Waals surface area (Å²) in [6, 6.07) is 6.63. The van der Waals surface area contributed by atoms with Crippen molar-refractivity contribution in [1.29, 1.82) is 0 Å². The van der Waals surface area contributed by atoms with Crippen molar-refractivity contribution in [3.63, 3.8) is 0 Å². The van der Waals surface area contributed by atoms with Crippen LogP contribution in [-0.2, 0) is 13.0 Å². The van der Waals surface area contributed by atoms with Gasteiger partial charge in [0, 0.05) is 12.6 Å². The summed E-state index contributed by atoms with van der Waals surface area (Å²) in [5.74, 6) is 0. The van der Waals surface area contributed by atoms with Gasteiger partial charge in [0.2, 0.25) is 0 Å². The van der Waals surface area contributed by atoms with Crippen molar-refractivity contribution in [1.82, 2.24) is 5.32 Å². The van der Waals surface area contributed by atoms with Crippen LogP contribution in [0, 0.1) is 6.92 Å². The minimum atomic E-state index is 0.230. The fraction of sp³-hybridized carbons (Fsp3) is 0.455. The lowest BCUT2D eigenvalue weighted by Gasteiger charge is -2.25. The first-order valence-corrected chi connectivity index (χ1v) is 4.73. The Balaban J connectivity index is 2.31. The maximum absolute atomic E-state index is 9.02. The SMILES string of the molecule is Cc1cccc2c1CN[C@H](CO)C2. The first kappa shape index (κ1) is 8.73. The molecule has 0 fully saturated rings. The van der Waals surface area contributed by atoms with Crippen molar-refractivity contribution in [3.8, 4) is 0 Å². The highest BCUT2D eigenvalue weighted by molar-refractivity contribution is 5.36. The molecule has 0 bridgehead atoms. The summed E-state index contributed by atoms with van der Waals surface area (Å²) >= 11 is 0. The molecule has 0 saturated heterocycles. The quantitative estimate of drug-likeness (QED) is 0.670. The minimum absolute atomic E-state index is 0.230. The second kappa shape index (κ2) is 3.48. The van der Waals surface area contributed by atoms with Crippen LogP contribution < -0.4 is 5.32 Å². The van der Waals surface area contributed by atoms with E-state index in [1.165, 1.54) is 16.7 Å². The standard InChI is InChI=1S/C11H15NO/c1-8-3-2-4-9-5-10(7-13)12-6-11(8)9/h2-4,10,12-13H,5-7H2,1H3/t10-/m0/s1. The first-order chi connectivity index (χ1) is 6.31. The summed E-state index contributed by atoms with van der Waals surface area (Å²) in [5, 5.41) is 12.3. The molecule has 0 amide bonds. The molecule has 0 aromatic heterocycles. The molecule has 1 aliphatic heterocycles. The van der Waals surface area contributed by atoms with Gasteiger partial charge in [0.15, 0.2) is 0 Å². The summed E-state index contributed by atoms with van der Waals surface area (Å²) in [4.78, 5) is 0. The Bertz CT molecular complexity index is 309. The van der Waals surface area contributed by atoms with E-state index in [4.69, 9.17) is 5.11 Å². The van der Waals surface area contributed by atoms with Gasteiger partial charge in [0.1, 0.15) is 0 Å². The smallest absolute Gasteiger partial charge is 0.0587 e. The third kappa shape index (κ3) is 1.60. The molecule has 2 N–H and O–H groups in total. The van der Waals surface area contributed by atoms with Gasteiger partial charge < -0.3 is 10.4 Å². The number of benzene rings is 1. The maximum atomic E-state index is 9.02. The number of aliphatic hydroxyl groups is 1. The summed E-state index contributed by atoms with van der Waals surface area (Å²) in [7, 11) is 0. The van der Waals surface area contributed by atoms with Gasteiger partial charge in [-0.2, -0.15) is 0 Å². The lowest BCUT2D eigenvalue weighted by molar-refractivity contribution is 0.235. The summed E-state index contributed by atoms with van der Waals surface area (Å²) in [6.45, 7) is 3.26. The fourth-order valence-corrected chi connectivity index (χ4v) is 1.92. The molecule has 0 aliphatic carbocycles. The van der Waals surface area contributed by atoms with Crippen LogP contribution in [0.3, 0.4) is 0 Å². The highest BCUT2D eigenvalue weighted by atomic mass is 16.3. The number of aryl methyl sites for hydroxylation is 1. The van der Waals surface area contributed by atoms with Crippen LogP contribution in [0.15, 0.2) is 18.2 Å². The number of hydrogen-bond acceptors (Lipinski definition) is 2. The zero-order valence-electron chi connectivity index (χ0n) is 7.88. The molecule has 0 spiro atoms. The third-order valence-electron chi connectivity index (χ3n) is 2.76. The predicted molar refractivity (Wildman–Crippen MR) is 52.6 cm³/mol. The summed E-state index contributed by atoms with van der Waals surface area (Å²) in [6.07, 6.45) is 0.952. The second-order valence-electron chi connectivity index (χ2n) is 3.68. The molecule has 2 rings (SSSR count). The van der Waals surface area contributed by atoms with Crippen LogP contribution >= 0.6 is 0 Å². The Labute approximate surface area is 78.6 Å². The Morgan fingerprint density at radius 3 is 3.15 bits per heavy atom. The van der Waals surface area contributed by atoms with E-state index in [9.17, 15) is 0 Å². The Morgan fingerprint density at radius 2 is 2.38 bits per heavy atom. The topological polar surface area (TPSA) is 32.3 Å². The van der Waals surface area contributed by atoms with Gasteiger partial charge in [0.05, 0.1) is 6.61 Å². The molecular weight excluding hydrogens is 162 g/mol. The van der Waals surface area contributed by atoms with Gasteiger partial charge in [-0.3, -0.25) is 0 Å². The summed E-state index contributed by atoms with van der Waals surface area (Å²) < 4.78 is 0. The number of nitrogens with one attached hydrogen (secondary N) is 1. The van der Waals surface area contributed by atoms with Crippen molar-refractivity contribution in [3.05, 3.63) is 34.9 Å². The van der Waals surface area contributed by atoms with E-state index in [-0.39, 0.29) is 12.6 Å². The lowest BCUT2D eigenvalue weighted by atomic mass is 9.93. The molecule has 1 heterocycles. The molecular formula is C11H15NO. The van der Waals surface area contributed by atoms with Gasteiger partial charge in [-0.05, 0) is 30.0 Å². The summed E-state index contributed by atoms with van der Waals surface area (Å²) in [5.41, 5.74) is 4.14. The maximum Gasteiger partial charge on any atom is 0.0587 e. The van der Waals surface area contributed by atoms with E-state index >= 15 is 0 Å². The van der Waals surface area contributed by atoms with Crippen LogP contribution in [0.25, 0.3) is 0 Å². The van der Waals surface area contributed by atoms with Gasteiger partial charge in [-0.15, -0.1) is 0 Å². The average molecular weight is 177 g/mol. The van der Waals surface area contributed by atoms with E-state index < -0.39 is 0 Å². The van der Waals surface area contributed by atoms with Gasteiger partial charge in [-0.25, -0.2) is 0 Å². The van der Waals surface area contributed by atoms with E-state index in [1.807, 2.05) is 0 Å². The van der Waals surface area contributed by atoms with Crippen molar-refractivity contribution in [2.75, 3.05) is 6.61 Å². The van der Waals surface area contributed by atoms with Gasteiger partial charge >= 0.3 is 0 Å². The van der Waals surface area contributed by atoms with Gasteiger partial charge in [0.25, 0.3) is 0 Å². The van der Waals surface area contributed by atoms with Crippen LogP contribution in [0.1, 0.15) is 16.7 Å². The van der Waals surface area contributed by atoms with E-state index in [2.05, 4.69) is 30.4 Å². The number of fused-ring (bicyclic) bond motifs is 1. The van der Waals surface area contributed by atoms with Crippen LogP contribution in [0.5, 0.6) is 0 Å². The first-order valence-electron chi connectivity index (χ1n) is 4.73. The van der Waals surface area contributed by atoms with Crippen molar-refractivity contribution in [2.45, 2.75) is 25.9 Å². The zero-order chi connectivity index (χ0) is 9.26. The van der Waals surface area contributed by atoms with Crippen LogP contribution in [-0.4, -0.2) is 17.8 Å². The molecule has 70 valence electrons. The fourth-order valence-electron chi connectivity index (χ4n) is 1.92. The van der Waals surface area contributed by atoms with Crippen LogP contribution in [0.2, 0.25) is 0 Å². The van der Waals surface area contributed by atoms with Crippen molar-refractivity contribution < 1.29 is 5.11 Å². The highest BCUT2D eigenvalue weighted by Crippen LogP contribution is 2.19. The minimum Gasteiger partial charge on any atom is -0.395 e. The number of rotatable bonds is 1. The van der Waals surface area contributed by atoms with Gasteiger partial charge in [-0.1, -0.05) is 18.2 Å². The molecule has 1 aliphatic rings. The molecule has 1 aromatic rings. The average Bonchev–Trinajstić information content (AvgIpc) is 2.18. The molecule has 13 heavy (non-hydrogen) atoms. The predicted octanol–water partition coefficient (Wildman–Crippen LogP) is 1.00. The lowest BCUT2D eigenvalue weighted by Crippen LogP contribution is -2.38. The molecule has 2 nitrogen and oxygen atoms in total. The van der Waals surface area contributed by atoms with Crippen LogP contribution in [0.4, 0.5) is 0 Å². The Kier molecular flexibility index (Phi) is 2.34. The molecule has 1 atom stereocenters. The number of hydrogen-bond donors (Lipinski definition) is 2. The number of aliphatic hydroxyl groups excluding tert-OH is 1. The third-order valence-corrected chi connectivity index (χ3v) is 2.76. The van der Waals surface area contributed by atoms with Crippen molar-refractivity contribution >= 4 is 0 Å². The molecule has 0 radical (unpaired) electrons. The highest BCUT2D eigenvalue weighted by Gasteiger charge is 2.17. The van der Waals surface area contributed by atoms with E-state index in [1.54, 1.807) is 0 Å². The Morgan fingerprint density at radius 1 is 1.54 bits per heavy atom. The second-order valence-corrected chi connectivity index (χ2v) is 3.68.